The number of nitro groups is 1. The molecule has 0 aliphatic heterocycles. The van der Waals surface area contributed by atoms with Crippen LogP contribution in [0.25, 0.3) is 10.2 Å². The number of fused-ring (bicyclic) bond motifs is 1. The molecular weight excluding hydrogens is 373 g/mol. The lowest BCUT2D eigenvalue weighted by atomic mass is 10.1. The molecule has 122 valence electrons. The van der Waals surface area contributed by atoms with Crippen LogP contribution in [0.5, 0.6) is 0 Å². The number of carbonyl (C=O) groups is 1. The Morgan fingerprint density at radius 2 is 1.83 bits per heavy atom. The second-order valence-electron chi connectivity index (χ2n) is 4.87. The number of rotatable bonds is 4. The van der Waals surface area contributed by atoms with E-state index in [1.54, 1.807) is 24.3 Å². The maximum absolute atomic E-state index is 12.1. The molecular formula is C15H9Cl2N3O3S. The van der Waals surface area contributed by atoms with Crippen LogP contribution in [-0.2, 0) is 11.2 Å². The van der Waals surface area contributed by atoms with Gasteiger partial charge in [-0.25, -0.2) is 4.98 Å². The van der Waals surface area contributed by atoms with Gasteiger partial charge in [0.05, 0.1) is 26.1 Å². The van der Waals surface area contributed by atoms with Crippen molar-refractivity contribution in [3.05, 3.63) is 62.1 Å². The second kappa shape index (κ2) is 6.72. The van der Waals surface area contributed by atoms with Crippen LogP contribution < -0.4 is 5.32 Å². The van der Waals surface area contributed by atoms with E-state index in [4.69, 9.17) is 23.2 Å². The minimum Gasteiger partial charge on any atom is -0.302 e. The first-order valence-electron chi connectivity index (χ1n) is 6.72. The summed E-state index contributed by atoms with van der Waals surface area (Å²) in [6.07, 6.45) is 0.0788. The van der Waals surface area contributed by atoms with Crippen LogP contribution in [0.15, 0.2) is 36.4 Å². The first-order valence-corrected chi connectivity index (χ1v) is 8.29. The molecule has 1 N–H and O–H groups in total. The van der Waals surface area contributed by atoms with Gasteiger partial charge in [-0.15, -0.1) is 0 Å². The third-order valence-electron chi connectivity index (χ3n) is 3.20. The molecule has 24 heavy (non-hydrogen) atoms. The minimum atomic E-state index is -0.488. The summed E-state index contributed by atoms with van der Waals surface area (Å²) in [4.78, 5) is 26.5. The number of nitrogens with zero attached hydrogens (tertiary/aromatic N) is 2. The third-order valence-corrected chi connectivity index (χ3v) is 4.94. The highest BCUT2D eigenvalue weighted by Crippen LogP contribution is 2.36. The third kappa shape index (κ3) is 3.48. The second-order valence-corrected chi connectivity index (χ2v) is 6.69. The number of thiazole rings is 1. The van der Waals surface area contributed by atoms with Crippen molar-refractivity contribution in [2.24, 2.45) is 0 Å². The van der Waals surface area contributed by atoms with E-state index in [9.17, 15) is 14.9 Å². The quantitative estimate of drug-likeness (QED) is 0.524. The van der Waals surface area contributed by atoms with Crippen molar-refractivity contribution in [1.82, 2.24) is 4.98 Å². The zero-order valence-corrected chi connectivity index (χ0v) is 14.3. The van der Waals surface area contributed by atoms with Crippen LogP contribution in [-0.4, -0.2) is 15.8 Å². The van der Waals surface area contributed by atoms with Gasteiger partial charge in [-0.1, -0.05) is 46.7 Å². The normalized spacial score (nSPS) is 10.8. The molecule has 0 spiro atoms. The number of halogens is 2. The van der Waals surface area contributed by atoms with Crippen molar-refractivity contribution in [3.8, 4) is 0 Å². The zero-order chi connectivity index (χ0) is 17.3. The molecule has 1 heterocycles. The summed E-state index contributed by atoms with van der Waals surface area (Å²) in [5.74, 6) is -0.282. The molecule has 0 saturated heterocycles. The fraction of sp³-hybridized carbons (Fsp3) is 0.0667. The monoisotopic (exact) mass is 381 g/mol. The van der Waals surface area contributed by atoms with Crippen LogP contribution in [0.2, 0.25) is 10.0 Å². The number of hydrogen-bond acceptors (Lipinski definition) is 5. The molecule has 2 aromatic carbocycles. The van der Waals surface area contributed by atoms with E-state index in [1.165, 1.54) is 23.5 Å². The first kappa shape index (κ1) is 16.6. The van der Waals surface area contributed by atoms with Gasteiger partial charge in [-0.3, -0.25) is 14.9 Å². The lowest BCUT2D eigenvalue weighted by Crippen LogP contribution is -2.14. The van der Waals surface area contributed by atoms with Gasteiger partial charge >= 0.3 is 0 Å². The molecule has 0 radical (unpaired) electrons. The van der Waals surface area contributed by atoms with Gasteiger partial charge in [0.1, 0.15) is 5.52 Å². The SMILES string of the molecule is O=C(Cc1ccc([N+](=O)[O-])cc1)Nc1nc2c(Cl)ccc(Cl)c2s1. The maximum atomic E-state index is 12.1. The largest absolute Gasteiger partial charge is 0.302 e. The average Bonchev–Trinajstić information content (AvgIpc) is 2.96. The Hall–Kier alpha value is -2.22. The van der Waals surface area contributed by atoms with E-state index in [1.807, 2.05) is 0 Å². The van der Waals surface area contributed by atoms with E-state index in [0.29, 0.717) is 31.0 Å². The summed E-state index contributed by atoms with van der Waals surface area (Å²) in [5.41, 5.74) is 1.18. The molecule has 1 aromatic heterocycles. The predicted octanol–water partition coefficient (Wildman–Crippen LogP) is 4.69. The summed E-state index contributed by atoms with van der Waals surface area (Å²) in [5, 5.41) is 14.7. The molecule has 0 unspecified atom stereocenters. The molecule has 9 heteroatoms. The van der Waals surface area contributed by atoms with Gasteiger partial charge < -0.3 is 5.32 Å². The van der Waals surface area contributed by atoms with E-state index in [0.717, 1.165) is 0 Å². The number of hydrogen-bond donors (Lipinski definition) is 1. The topological polar surface area (TPSA) is 85.1 Å². The van der Waals surface area contributed by atoms with Crippen molar-refractivity contribution >= 4 is 61.5 Å². The van der Waals surface area contributed by atoms with Gasteiger partial charge in [0.25, 0.3) is 5.69 Å². The van der Waals surface area contributed by atoms with Gasteiger partial charge in [0, 0.05) is 12.1 Å². The molecule has 3 aromatic rings. The van der Waals surface area contributed by atoms with Crippen molar-refractivity contribution < 1.29 is 9.72 Å². The fourth-order valence-corrected chi connectivity index (χ4v) is 3.52. The Labute approximate surface area is 150 Å². The molecule has 0 aliphatic carbocycles. The number of non-ortho nitro benzene ring substituents is 1. The van der Waals surface area contributed by atoms with Crippen LogP contribution in [0.4, 0.5) is 10.8 Å². The highest BCUT2D eigenvalue weighted by molar-refractivity contribution is 7.23. The van der Waals surface area contributed by atoms with Gasteiger partial charge in [-0.05, 0) is 17.7 Å². The van der Waals surface area contributed by atoms with E-state index in [2.05, 4.69) is 10.3 Å². The summed E-state index contributed by atoms with van der Waals surface area (Å²) < 4.78 is 0.704. The summed E-state index contributed by atoms with van der Waals surface area (Å²) in [7, 11) is 0. The van der Waals surface area contributed by atoms with Gasteiger partial charge in [0.15, 0.2) is 5.13 Å². The Bertz CT molecular complexity index is 902. The number of benzene rings is 2. The Morgan fingerprint density at radius 1 is 1.17 bits per heavy atom. The van der Waals surface area contributed by atoms with Crippen molar-refractivity contribution in [2.75, 3.05) is 5.32 Å². The van der Waals surface area contributed by atoms with Crippen molar-refractivity contribution in [3.63, 3.8) is 0 Å². The van der Waals surface area contributed by atoms with Crippen LogP contribution in [0.1, 0.15) is 5.56 Å². The lowest BCUT2D eigenvalue weighted by molar-refractivity contribution is -0.384. The smallest absolute Gasteiger partial charge is 0.269 e. The Balaban J connectivity index is 1.74. The first-order chi connectivity index (χ1) is 11.4. The van der Waals surface area contributed by atoms with Crippen molar-refractivity contribution in [1.29, 1.82) is 0 Å². The number of aromatic nitrogens is 1. The van der Waals surface area contributed by atoms with Gasteiger partial charge in [0.2, 0.25) is 5.91 Å². The maximum Gasteiger partial charge on any atom is 0.269 e. The highest BCUT2D eigenvalue weighted by atomic mass is 35.5. The lowest BCUT2D eigenvalue weighted by Gasteiger charge is -2.01. The number of carbonyl (C=O) groups excluding carboxylic acids is 1. The number of amides is 1. The molecule has 3 rings (SSSR count). The summed E-state index contributed by atoms with van der Waals surface area (Å²) >= 11 is 13.4. The van der Waals surface area contributed by atoms with E-state index >= 15 is 0 Å². The number of nitrogens with one attached hydrogen (secondary N) is 1. The van der Waals surface area contributed by atoms with Crippen molar-refractivity contribution in [2.45, 2.75) is 6.42 Å². The van der Waals surface area contributed by atoms with Crippen LogP contribution >= 0.6 is 34.5 Å². The Morgan fingerprint density at radius 3 is 2.46 bits per heavy atom. The van der Waals surface area contributed by atoms with Gasteiger partial charge in [-0.2, -0.15) is 0 Å². The molecule has 0 bridgehead atoms. The predicted molar refractivity (Wildman–Crippen MR) is 95.1 cm³/mol. The molecule has 1 amide bonds. The van der Waals surface area contributed by atoms with E-state index < -0.39 is 4.92 Å². The standard InChI is InChI=1S/C15H9Cl2N3O3S/c16-10-5-6-11(17)14-13(10)19-15(24-14)18-12(21)7-8-1-3-9(4-2-8)20(22)23/h1-6H,7H2,(H,18,19,21). The van der Waals surface area contributed by atoms with E-state index in [-0.39, 0.29) is 18.0 Å². The minimum absolute atomic E-state index is 0.0189. The Kier molecular flexibility index (Phi) is 4.66. The highest BCUT2D eigenvalue weighted by Gasteiger charge is 2.13. The number of nitro benzene ring substituents is 1. The van der Waals surface area contributed by atoms with Crippen LogP contribution in [0.3, 0.4) is 0 Å². The average molecular weight is 382 g/mol. The summed E-state index contributed by atoms with van der Waals surface area (Å²) in [6.45, 7) is 0. The summed E-state index contributed by atoms with van der Waals surface area (Å²) in [6, 6.07) is 9.13. The molecule has 0 saturated carbocycles. The molecule has 0 fully saturated rings. The van der Waals surface area contributed by atoms with Crippen LogP contribution in [0, 0.1) is 10.1 Å². The number of anilines is 1. The molecule has 0 atom stereocenters. The fourth-order valence-electron chi connectivity index (χ4n) is 2.08. The molecule has 0 aliphatic rings. The molecule has 6 nitrogen and oxygen atoms in total. The zero-order valence-electron chi connectivity index (χ0n) is 12.0.